The van der Waals surface area contributed by atoms with Gasteiger partial charge in [0.1, 0.15) is 22.2 Å². The van der Waals surface area contributed by atoms with Gasteiger partial charge in [-0.25, -0.2) is 0 Å². The number of benzene rings is 1. The molecular weight excluding hydrogens is 372 g/mol. The molecule has 9 heteroatoms. The lowest BCUT2D eigenvalue weighted by Gasteiger charge is -2.10. The van der Waals surface area contributed by atoms with Gasteiger partial charge in [0, 0.05) is 18.2 Å². The highest BCUT2D eigenvalue weighted by Gasteiger charge is 2.21. The summed E-state index contributed by atoms with van der Waals surface area (Å²) in [5, 5.41) is 4.52. The van der Waals surface area contributed by atoms with Gasteiger partial charge in [0.15, 0.2) is 0 Å². The number of hydrogen-bond donors (Lipinski definition) is 2. The number of nitrogens with zero attached hydrogens (tertiary/aromatic N) is 2. The monoisotopic (exact) mass is 394 g/mol. The van der Waals surface area contributed by atoms with Crippen LogP contribution < -0.4 is 20.3 Å². The molecule has 0 fully saturated rings. The number of unbranched alkanes of at least 4 members (excludes halogenated alkanes) is 1. The number of ether oxygens (including phenoxy) is 2. The topological polar surface area (TPSA) is 94.5 Å². The van der Waals surface area contributed by atoms with Crippen LogP contribution in [0, 0.1) is 6.92 Å². The summed E-state index contributed by atoms with van der Waals surface area (Å²) >= 11 is 6.27. The van der Waals surface area contributed by atoms with Crippen LogP contribution in [-0.2, 0) is 6.54 Å². The summed E-state index contributed by atoms with van der Waals surface area (Å²) < 4.78 is 11.9. The second-order valence-electron chi connectivity index (χ2n) is 5.84. The number of carbonyl (C=O) groups is 2. The SMILES string of the molecule is CCCCn1nc(C)c(C(=O)NNC(=O)c2cc(OC)cc(OC)c2)c1Cl. The first-order valence-electron chi connectivity index (χ1n) is 8.47. The van der Waals surface area contributed by atoms with Gasteiger partial charge in [-0.1, -0.05) is 24.9 Å². The Morgan fingerprint density at radius 1 is 1.11 bits per heavy atom. The molecule has 146 valence electrons. The van der Waals surface area contributed by atoms with Crippen molar-refractivity contribution in [2.24, 2.45) is 0 Å². The fourth-order valence-electron chi connectivity index (χ4n) is 2.45. The van der Waals surface area contributed by atoms with Crippen LogP contribution in [0.5, 0.6) is 11.5 Å². The van der Waals surface area contributed by atoms with Gasteiger partial charge in [-0.3, -0.25) is 25.1 Å². The minimum atomic E-state index is -0.538. The highest BCUT2D eigenvalue weighted by molar-refractivity contribution is 6.33. The average Bonchev–Trinajstić information content (AvgIpc) is 2.96. The summed E-state index contributed by atoms with van der Waals surface area (Å²) in [6.45, 7) is 4.37. The van der Waals surface area contributed by atoms with E-state index in [1.165, 1.54) is 26.4 Å². The Morgan fingerprint density at radius 3 is 2.26 bits per heavy atom. The third-order valence-corrected chi connectivity index (χ3v) is 4.30. The lowest BCUT2D eigenvalue weighted by atomic mass is 10.2. The molecule has 0 atom stereocenters. The highest BCUT2D eigenvalue weighted by atomic mass is 35.5. The molecule has 0 saturated heterocycles. The Kier molecular flexibility index (Phi) is 7.06. The van der Waals surface area contributed by atoms with Gasteiger partial charge < -0.3 is 9.47 Å². The number of halogens is 1. The maximum atomic E-state index is 12.4. The summed E-state index contributed by atoms with van der Waals surface area (Å²) in [4.78, 5) is 24.8. The van der Waals surface area contributed by atoms with Crippen molar-refractivity contribution in [2.45, 2.75) is 33.2 Å². The van der Waals surface area contributed by atoms with Crippen LogP contribution in [0.2, 0.25) is 5.15 Å². The molecule has 1 heterocycles. The van der Waals surface area contributed by atoms with E-state index in [1.807, 2.05) is 0 Å². The molecule has 1 aromatic carbocycles. The van der Waals surface area contributed by atoms with Gasteiger partial charge in [0.2, 0.25) is 0 Å². The number of methoxy groups -OCH3 is 2. The van der Waals surface area contributed by atoms with Gasteiger partial charge in [-0.2, -0.15) is 5.10 Å². The second kappa shape index (κ2) is 9.27. The van der Waals surface area contributed by atoms with Crippen molar-refractivity contribution in [2.75, 3.05) is 14.2 Å². The molecule has 0 aliphatic rings. The minimum Gasteiger partial charge on any atom is -0.497 e. The smallest absolute Gasteiger partial charge is 0.274 e. The van der Waals surface area contributed by atoms with E-state index in [0.717, 1.165) is 12.8 Å². The molecule has 0 radical (unpaired) electrons. The number of carbonyl (C=O) groups excluding carboxylic acids is 2. The number of rotatable bonds is 7. The van der Waals surface area contributed by atoms with Crippen molar-refractivity contribution < 1.29 is 19.1 Å². The van der Waals surface area contributed by atoms with E-state index in [-0.39, 0.29) is 16.3 Å². The maximum Gasteiger partial charge on any atom is 0.274 e. The molecule has 2 aromatic rings. The summed E-state index contributed by atoms with van der Waals surface area (Å²) in [6, 6.07) is 4.71. The van der Waals surface area contributed by atoms with Crippen LogP contribution in [0.1, 0.15) is 46.2 Å². The number of aryl methyl sites for hydroxylation is 2. The van der Waals surface area contributed by atoms with Crippen LogP contribution in [-0.4, -0.2) is 35.8 Å². The summed E-state index contributed by atoms with van der Waals surface area (Å²) in [6.07, 6.45) is 1.88. The Hall–Kier alpha value is -2.74. The van der Waals surface area contributed by atoms with Crippen LogP contribution >= 0.6 is 11.6 Å². The Morgan fingerprint density at radius 2 is 1.70 bits per heavy atom. The predicted molar refractivity (Wildman–Crippen MR) is 101 cm³/mol. The molecule has 0 aliphatic heterocycles. The summed E-state index contributed by atoms with van der Waals surface area (Å²) in [5.41, 5.74) is 5.72. The number of hydrogen-bond acceptors (Lipinski definition) is 5. The minimum absolute atomic E-state index is 0.233. The van der Waals surface area contributed by atoms with E-state index < -0.39 is 11.8 Å². The van der Waals surface area contributed by atoms with E-state index >= 15 is 0 Å². The lowest BCUT2D eigenvalue weighted by Crippen LogP contribution is -2.41. The van der Waals surface area contributed by atoms with Crippen molar-refractivity contribution in [3.63, 3.8) is 0 Å². The van der Waals surface area contributed by atoms with E-state index in [4.69, 9.17) is 21.1 Å². The van der Waals surface area contributed by atoms with E-state index in [2.05, 4.69) is 22.9 Å². The predicted octanol–water partition coefficient (Wildman–Crippen LogP) is 2.74. The molecule has 1 aromatic heterocycles. The molecule has 8 nitrogen and oxygen atoms in total. The molecule has 0 bridgehead atoms. The zero-order valence-corrected chi connectivity index (χ0v) is 16.5. The van der Waals surface area contributed by atoms with Gasteiger partial charge in [0.05, 0.1) is 19.9 Å². The van der Waals surface area contributed by atoms with E-state index in [0.29, 0.717) is 23.7 Å². The lowest BCUT2D eigenvalue weighted by molar-refractivity contribution is 0.0846. The molecule has 27 heavy (non-hydrogen) atoms. The first kappa shape index (κ1) is 20.6. The third-order valence-electron chi connectivity index (χ3n) is 3.92. The quantitative estimate of drug-likeness (QED) is 0.704. The van der Waals surface area contributed by atoms with Gasteiger partial charge in [-0.05, 0) is 25.5 Å². The molecule has 0 saturated carbocycles. The second-order valence-corrected chi connectivity index (χ2v) is 6.20. The zero-order valence-electron chi connectivity index (χ0n) is 15.8. The van der Waals surface area contributed by atoms with Gasteiger partial charge in [-0.15, -0.1) is 0 Å². The first-order valence-corrected chi connectivity index (χ1v) is 8.85. The molecule has 0 aliphatic carbocycles. The molecule has 2 amide bonds. The largest absolute Gasteiger partial charge is 0.497 e. The normalized spacial score (nSPS) is 10.4. The van der Waals surface area contributed by atoms with Crippen molar-refractivity contribution >= 4 is 23.4 Å². The van der Waals surface area contributed by atoms with Crippen LogP contribution in [0.15, 0.2) is 18.2 Å². The maximum absolute atomic E-state index is 12.4. The van der Waals surface area contributed by atoms with Crippen molar-refractivity contribution in [3.8, 4) is 11.5 Å². The highest BCUT2D eigenvalue weighted by Crippen LogP contribution is 2.22. The molecule has 2 N–H and O–H groups in total. The van der Waals surface area contributed by atoms with Crippen molar-refractivity contribution in [1.82, 2.24) is 20.6 Å². The van der Waals surface area contributed by atoms with Crippen molar-refractivity contribution in [3.05, 3.63) is 40.2 Å². The van der Waals surface area contributed by atoms with Gasteiger partial charge in [0.25, 0.3) is 11.8 Å². The van der Waals surface area contributed by atoms with Crippen LogP contribution in [0.25, 0.3) is 0 Å². The molecule has 2 rings (SSSR count). The Bertz CT molecular complexity index is 813. The number of hydrazine groups is 1. The molecular formula is C18H23ClN4O4. The summed E-state index contributed by atoms with van der Waals surface area (Å²) in [5.74, 6) is -0.139. The number of aromatic nitrogens is 2. The first-order chi connectivity index (χ1) is 12.9. The Labute approximate surface area is 162 Å². The van der Waals surface area contributed by atoms with Crippen LogP contribution in [0.3, 0.4) is 0 Å². The number of nitrogens with one attached hydrogen (secondary N) is 2. The standard InChI is InChI=1S/C18H23ClN4O4/c1-5-6-7-23-16(19)15(11(2)22-23)18(25)21-20-17(24)12-8-13(26-3)10-14(9-12)27-4/h8-10H,5-7H2,1-4H3,(H,20,24)(H,21,25). The Balaban J connectivity index is 2.09. The zero-order chi connectivity index (χ0) is 20.0. The van der Waals surface area contributed by atoms with E-state index in [9.17, 15) is 9.59 Å². The third kappa shape index (κ3) is 4.91. The molecule has 0 unspecified atom stereocenters. The van der Waals surface area contributed by atoms with Crippen molar-refractivity contribution in [1.29, 1.82) is 0 Å². The van der Waals surface area contributed by atoms with Gasteiger partial charge >= 0.3 is 0 Å². The van der Waals surface area contributed by atoms with E-state index in [1.54, 1.807) is 17.7 Å². The fourth-order valence-corrected chi connectivity index (χ4v) is 2.80. The van der Waals surface area contributed by atoms with Crippen LogP contribution in [0.4, 0.5) is 0 Å². The molecule has 0 spiro atoms. The summed E-state index contributed by atoms with van der Waals surface area (Å²) in [7, 11) is 2.97. The number of amides is 2. The average molecular weight is 395 g/mol. The fraction of sp³-hybridized carbons (Fsp3) is 0.389.